The van der Waals surface area contributed by atoms with E-state index >= 15 is 0 Å². The highest BCUT2D eigenvalue weighted by molar-refractivity contribution is 6.36. The van der Waals surface area contributed by atoms with Crippen molar-refractivity contribution >= 4 is 23.1 Å². The van der Waals surface area contributed by atoms with Gasteiger partial charge in [-0.15, -0.1) is 0 Å². The van der Waals surface area contributed by atoms with Gasteiger partial charge in [-0.05, 0) is 41.8 Å². The highest BCUT2D eigenvalue weighted by atomic mass is 16.5. The van der Waals surface area contributed by atoms with Gasteiger partial charge in [-0.1, -0.05) is 48.5 Å². The number of rotatable bonds is 6. The summed E-state index contributed by atoms with van der Waals surface area (Å²) in [5.41, 5.74) is 4.44. The summed E-state index contributed by atoms with van der Waals surface area (Å²) < 4.78 is 10.7. The molecule has 0 spiro atoms. The quantitative estimate of drug-likeness (QED) is 0.542. The standard InChI is InChI=1S/C27H24N2O4/c1-32-21-13-11-19(12-14-21)24-25(28-16-15-18-7-3-5-9-22(18)28)27(31)29(26(24)30)17-20-8-4-6-10-23(20)33-2/h3-14H,15-17H2,1-2H3. The number of methoxy groups -OCH3 is 2. The van der Waals surface area contributed by atoms with E-state index in [-0.39, 0.29) is 18.4 Å². The number of hydrogen-bond donors (Lipinski definition) is 0. The van der Waals surface area contributed by atoms with Crippen molar-refractivity contribution in [2.75, 3.05) is 25.7 Å². The number of ether oxygens (including phenoxy) is 2. The molecule has 6 nitrogen and oxygen atoms in total. The van der Waals surface area contributed by atoms with E-state index in [1.807, 2.05) is 59.5 Å². The smallest absolute Gasteiger partial charge is 0.278 e. The van der Waals surface area contributed by atoms with Crippen LogP contribution in [0, 0.1) is 0 Å². The lowest BCUT2D eigenvalue weighted by molar-refractivity contribution is -0.137. The lowest BCUT2D eigenvalue weighted by atomic mass is 10.0. The van der Waals surface area contributed by atoms with Gasteiger partial charge < -0.3 is 14.4 Å². The van der Waals surface area contributed by atoms with Gasteiger partial charge in [-0.3, -0.25) is 14.5 Å². The molecule has 6 heteroatoms. The Balaban J connectivity index is 1.60. The normalized spacial score (nSPS) is 15.3. The predicted molar refractivity (Wildman–Crippen MR) is 126 cm³/mol. The number of benzene rings is 3. The number of carbonyl (C=O) groups excluding carboxylic acids is 2. The number of anilines is 1. The maximum absolute atomic E-state index is 13.8. The zero-order valence-electron chi connectivity index (χ0n) is 18.6. The van der Waals surface area contributed by atoms with Gasteiger partial charge in [0, 0.05) is 17.8 Å². The van der Waals surface area contributed by atoms with Crippen molar-refractivity contribution in [1.29, 1.82) is 0 Å². The van der Waals surface area contributed by atoms with Gasteiger partial charge >= 0.3 is 0 Å². The van der Waals surface area contributed by atoms with Crippen LogP contribution in [-0.2, 0) is 22.6 Å². The Morgan fingerprint density at radius 1 is 0.818 bits per heavy atom. The molecule has 0 atom stereocenters. The molecule has 0 unspecified atom stereocenters. The SMILES string of the molecule is COc1ccc(C2=C(N3CCc4ccccc43)C(=O)N(Cc3ccccc3OC)C2=O)cc1. The highest BCUT2D eigenvalue weighted by Crippen LogP contribution is 2.39. The second-order valence-corrected chi connectivity index (χ2v) is 7.99. The fraction of sp³-hybridized carbons (Fsp3) is 0.185. The summed E-state index contributed by atoms with van der Waals surface area (Å²) in [6.45, 7) is 0.788. The minimum absolute atomic E-state index is 0.139. The number of imide groups is 1. The van der Waals surface area contributed by atoms with E-state index in [1.54, 1.807) is 26.4 Å². The topological polar surface area (TPSA) is 59.1 Å². The van der Waals surface area contributed by atoms with Gasteiger partial charge in [-0.25, -0.2) is 0 Å². The highest BCUT2D eigenvalue weighted by Gasteiger charge is 2.43. The van der Waals surface area contributed by atoms with Crippen molar-refractivity contribution in [3.63, 3.8) is 0 Å². The van der Waals surface area contributed by atoms with Crippen LogP contribution >= 0.6 is 0 Å². The molecule has 0 N–H and O–H groups in total. The Bertz CT molecular complexity index is 1260. The van der Waals surface area contributed by atoms with Crippen LogP contribution in [0.5, 0.6) is 11.5 Å². The molecule has 0 radical (unpaired) electrons. The van der Waals surface area contributed by atoms with Crippen molar-refractivity contribution in [3.8, 4) is 11.5 Å². The summed E-state index contributed by atoms with van der Waals surface area (Å²) in [5, 5.41) is 0. The Hall–Kier alpha value is -4.06. The van der Waals surface area contributed by atoms with Gasteiger partial charge in [0.2, 0.25) is 0 Å². The van der Waals surface area contributed by atoms with E-state index in [1.165, 1.54) is 10.5 Å². The molecule has 0 aliphatic carbocycles. The summed E-state index contributed by atoms with van der Waals surface area (Å²) in [6, 6.07) is 22.7. The van der Waals surface area contributed by atoms with Crippen molar-refractivity contribution in [2.45, 2.75) is 13.0 Å². The number of para-hydroxylation sites is 2. The van der Waals surface area contributed by atoms with Crippen molar-refractivity contribution in [2.24, 2.45) is 0 Å². The number of fused-ring (bicyclic) bond motifs is 1. The zero-order chi connectivity index (χ0) is 22.9. The molecule has 0 aromatic heterocycles. The van der Waals surface area contributed by atoms with Crippen LogP contribution in [0.2, 0.25) is 0 Å². The monoisotopic (exact) mass is 440 g/mol. The Morgan fingerprint density at radius 2 is 1.55 bits per heavy atom. The summed E-state index contributed by atoms with van der Waals surface area (Å²) in [7, 11) is 3.18. The molecule has 0 bridgehead atoms. The first-order chi connectivity index (χ1) is 16.1. The average molecular weight is 440 g/mol. The second kappa shape index (κ2) is 8.47. The molecule has 5 rings (SSSR count). The molecule has 33 heavy (non-hydrogen) atoms. The van der Waals surface area contributed by atoms with Crippen molar-refractivity contribution < 1.29 is 19.1 Å². The largest absolute Gasteiger partial charge is 0.497 e. The van der Waals surface area contributed by atoms with Crippen molar-refractivity contribution in [1.82, 2.24) is 4.90 Å². The summed E-state index contributed by atoms with van der Waals surface area (Å²) >= 11 is 0. The van der Waals surface area contributed by atoms with Gasteiger partial charge in [0.05, 0.1) is 26.3 Å². The third kappa shape index (κ3) is 3.53. The van der Waals surface area contributed by atoms with Crippen LogP contribution in [0.25, 0.3) is 5.57 Å². The predicted octanol–water partition coefficient (Wildman–Crippen LogP) is 4.05. The molecule has 2 aliphatic rings. The molecule has 3 aromatic rings. The van der Waals surface area contributed by atoms with Gasteiger partial charge in [-0.2, -0.15) is 0 Å². The van der Waals surface area contributed by atoms with E-state index in [2.05, 4.69) is 6.07 Å². The van der Waals surface area contributed by atoms with E-state index in [9.17, 15) is 9.59 Å². The molecule has 0 saturated carbocycles. The summed E-state index contributed by atoms with van der Waals surface area (Å²) in [4.78, 5) is 30.8. The number of amides is 2. The fourth-order valence-electron chi connectivity index (χ4n) is 4.55. The first-order valence-corrected chi connectivity index (χ1v) is 10.8. The van der Waals surface area contributed by atoms with E-state index < -0.39 is 0 Å². The average Bonchev–Trinajstić information content (AvgIpc) is 3.38. The van der Waals surface area contributed by atoms with Gasteiger partial charge in [0.1, 0.15) is 17.2 Å². The van der Waals surface area contributed by atoms with Crippen LogP contribution in [0.4, 0.5) is 5.69 Å². The van der Waals surface area contributed by atoms with E-state index in [4.69, 9.17) is 9.47 Å². The molecule has 166 valence electrons. The van der Waals surface area contributed by atoms with E-state index in [0.717, 1.165) is 17.7 Å². The van der Waals surface area contributed by atoms with E-state index in [0.29, 0.717) is 34.9 Å². The van der Waals surface area contributed by atoms with Crippen LogP contribution in [0.3, 0.4) is 0 Å². The minimum Gasteiger partial charge on any atom is -0.497 e. The minimum atomic E-state index is -0.310. The number of carbonyl (C=O) groups is 2. The Labute approximate surface area is 192 Å². The third-order valence-corrected chi connectivity index (χ3v) is 6.20. The van der Waals surface area contributed by atoms with Crippen LogP contribution in [0.15, 0.2) is 78.5 Å². The molecular weight excluding hydrogens is 416 g/mol. The second-order valence-electron chi connectivity index (χ2n) is 7.99. The molecule has 3 aromatic carbocycles. The molecule has 2 heterocycles. The first-order valence-electron chi connectivity index (χ1n) is 10.8. The molecule has 2 amide bonds. The Kier molecular flexibility index (Phi) is 5.34. The molecule has 0 saturated heterocycles. The van der Waals surface area contributed by atoms with Gasteiger partial charge in [0.15, 0.2) is 0 Å². The molecular formula is C27H24N2O4. The van der Waals surface area contributed by atoms with Crippen LogP contribution in [0.1, 0.15) is 16.7 Å². The fourth-order valence-corrected chi connectivity index (χ4v) is 4.55. The van der Waals surface area contributed by atoms with Crippen LogP contribution < -0.4 is 14.4 Å². The molecule has 0 fully saturated rings. The Morgan fingerprint density at radius 3 is 2.30 bits per heavy atom. The maximum Gasteiger partial charge on any atom is 0.278 e. The van der Waals surface area contributed by atoms with Crippen LogP contribution in [-0.4, -0.2) is 37.5 Å². The van der Waals surface area contributed by atoms with Gasteiger partial charge in [0.25, 0.3) is 11.8 Å². The summed E-state index contributed by atoms with van der Waals surface area (Å²) in [6.07, 6.45) is 0.823. The number of hydrogen-bond acceptors (Lipinski definition) is 5. The maximum atomic E-state index is 13.8. The van der Waals surface area contributed by atoms with Crippen molar-refractivity contribution in [3.05, 3.63) is 95.2 Å². The lowest BCUT2D eigenvalue weighted by Gasteiger charge is -2.22. The lowest BCUT2D eigenvalue weighted by Crippen LogP contribution is -2.34. The summed E-state index contributed by atoms with van der Waals surface area (Å²) in [5.74, 6) is 0.725. The third-order valence-electron chi connectivity index (χ3n) is 6.20. The number of nitrogens with zero attached hydrogens (tertiary/aromatic N) is 2. The first kappa shape index (κ1) is 20.8. The molecule has 2 aliphatic heterocycles. The zero-order valence-corrected chi connectivity index (χ0v) is 18.6.